The van der Waals surface area contributed by atoms with Crippen molar-refractivity contribution in [2.75, 3.05) is 18.5 Å². The summed E-state index contributed by atoms with van der Waals surface area (Å²) in [7, 11) is 0. The van der Waals surface area contributed by atoms with Crippen LogP contribution in [0.15, 0.2) is 48.5 Å². The number of thiocarbonyl (C=S) groups is 1. The highest BCUT2D eigenvalue weighted by molar-refractivity contribution is 7.80. The van der Waals surface area contributed by atoms with Crippen molar-refractivity contribution < 1.29 is 9.47 Å². The first-order valence-corrected chi connectivity index (χ1v) is 8.57. The molecule has 0 aliphatic heterocycles. The smallest absolute Gasteiger partial charge is 0.171 e. The summed E-state index contributed by atoms with van der Waals surface area (Å²) in [5.74, 6) is 1.52. The molecule has 24 heavy (non-hydrogen) atoms. The van der Waals surface area contributed by atoms with Crippen LogP contribution in [0.25, 0.3) is 0 Å². The first-order chi connectivity index (χ1) is 11.6. The van der Waals surface area contributed by atoms with Crippen LogP contribution in [-0.4, -0.2) is 18.3 Å². The summed E-state index contributed by atoms with van der Waals surface area (Å²) in [6.45, 7) is 7.19. The Balaban J connectivity index is 2.04. The van der Waals surface area contributed by atoms with Crippen LogP contribution in [0.4, 0.5) is 5.69 Å². The van der Waals surface area contributed by atoms with Crippen LogP contribution < -0.4 is 20.1 Å². The number of nitrogens with one attached hydrogen (secondary N) is 2. The summed E-state index contributed by atoms with van der Waals surface area (Å²) in [6, 6.07) is 15.9. The Morgan fingerprint density at radius 3 is 2.33 bits per heavy atom. The number of ether oxygens (including phenoxy) is 2. The van der Waals surface area contributed by atoms with Crippen LogP contribution in [0.2, 0.25) is 0 Å². The van der Waals surface area contributed by atoms with Crippen molar-refractivity contribution in [3.63, 3.8) is 0 Å². The number of hydrogen-bond donors (Lipinski definition) is 2. The number of para-hydroxylation sites is 1. The summed E-state index contributed by atoms with van der Waals surface area (Å²) < 4.78 is 11.3. The average Bonchev–Trinajstić information content (AvgIpc) is 2.57. The molecule has 0 radical (unpaired) electrons. The molecule has 2 rings (SSSR count). The minimum atomic E-state index is 0.0450. The van der Waals surface area contributed by atoms with Gasteiger partial charge >= 0.3 is 0 Å². The molecule has 2 N–H and O–H groups in total. The molecule has 0 aliphatic carbocycles. The van der Waals surface area contributed by atoms with Gasteiger partial charge in [-0.05, 0) is 62.8 Å². The van der Waals surface area contributed by atoms with Gasteiger partial charge in [-0.3, -0.25) is 0 Å². The highest BCUT2D eigenvalue weighted by Crippen LogP contribution is 2.30. The molecule has 1 atom stereocenters. The van der Waals surface area contributed by atoms with Crippen molar-refractivity contribution in [1.82, 2.24) is 5.32 Å². The van der Waals surface area contributed by atoms with Crippen molar-refractivity contribution in [2.45, 2.75) is 26.8 Å². The standard InChI is InChI=1S/C19H24N2O2S/c1-4-22-17-12-11-15(13-18(17)23-5-2)14(3)20-19(24)21-16-9-7-6-8-10-16/h6-14H,4-5H2,1-3H3,(H2,20,21,24). The third-order valence-corrected chi connectivity index (χ3v) is 3.67. The first kappa shape index (κ1) is 18.1. The van der Waals surface area contributed by atoms with Gasteiger partial charge in [-0.1, -0.05) is 24.3 Å². The molecular formula is C19H24N2O2S. The van der Waals surface area contributed by atoms with Gasteiger partial charge in [-0.25, -0.2) is 0 Å². The predicted octanol–water partition coefficient (Wildman–Crippen LogP) is 4.53. The van der Waals surface area contributed by atoms with E-state index in [0.29, 0.717) is 18.3 Å². The van der Waals surface area contributed by atoms with E-state index in [-0.39, 0.29) is 6.04 Å². The fraction of sp³-hybridized carbons (Fsp3) is 0.316. The van der Waals surface area contributed by atoms with Crippen molar-refractivity contribution in [2.24, 2.45) is 0 Å². The molecule has 4 nitrogen and oxygen atoms in total. The average molecular weight is 344 g/mol. The van der Waals surface area contributed by atoms with E-state index >= 15 is 0 Å². The lowest BCUT2D eigenvalue weighted by molar-refractivity contribution is 0.287. The number of anilines is 1. The zero-order chi connectivity index (χ0) is 17.4. The Bertz CT molecular complexity index is 662. The summed E-state index contributed by atoms with van der Waals surface area (Å²) in [5, 5.41) is 7.05. The van der Waals surface area contributed by atoms with Crippen LogP contribution in [0, 0.1) is 0 Å². The molecule has 0 amide bonds. The molecule has 1 unspecified atom stereocenters. The predicted molar refractivity (Wildman–Crippen MR) is 103 cm³/mol. The maximum atomic E-state index is 5.68. The summed E-state index contributed by atoms with van der Waals surface area (Å²) >= 11 is 5.39. The molecule has 0 saturated heterocycles. The van der Waals surface area contributed by atoms with E-state index in [1.165, 1.54) is 0 Å². The SMILES string of the molecule is CCOc1ccc(C(C)NC(=S)Nc2ccccc2)cc1OCC. The Kier molecular flexibility index (Phi) is 6.88. The van der Waals surface area contributed by atoms with Crippen LogP contribution in [-0.2, 0) is 0 Å². The van der Waals surface area contributed by atoms with Gasteiger partial charge in [-0.2, -0.15) is 0 Å². The van der Waals surface area contributed by atoms with Gasteiger partial charge in [-0.15, -0.1) is 0 Å². The van der Waals surface area contributed by atoms with Crippen molar-refractivity contribution in [3.8, 4) is 11.5 Å². The van der Waals surface area contributed by atoms with Crippen molar-refractivity contribution in [3.05, 3.63) is 54.1 Å². The van der Waals surface area contributed by atoms with Gasteiger partial charge in [0.15, 0.2) is 16.6 Å². The lowest BCUT2D eigenvalue weighted by atomic mass is 10.1. The van der Waals surface area contributed by atoms with Crippen LogP contribution in [0.1, 0.15) is 32.4 Å². The zero-order valence-corrected chi connectivity index (χ0v) is 15.2. The number of benzene rings is 2. The van der Waals surface area contributed by atoms with E-state index in [2.05, 4.69) is 17.6 Å². The van der Waals surface area contributed by atoms with Crippen LogP contribution in [0.5, 0.6) is 11.5 Å². The fourth-order valence-electron chi connectivity index (χ4n) is 2.31. The Hall–Kier alpha value is -2.27. The van der Waals surface area contributed by atoms with E-state index in [4.69, 9.17) is 21.7 Å². The molecule has 0 fully saturated rings. The van der Waals surface area contributed by atoms with Crippen molar-refractivity contribution in [1.29, 1.82) is 0 Å². The van der Waals surface area contributed by atoms with E-state index < -0.39 is 0 Å². The normalized spacial score (nSPS) is 11.5. The fourth-order valence-corrected chi connectivity index (χ4v) is 2.60. The van der Waals surface area contributed by atoms with E-state index in [1.807, 2.05) is 62.4 Å². The molecule has 5 heteroatoms. The molecular weight excluding hydrogens is 320 g/mol. The quantitative estimate of drug-likeness (QED) is 0.722. The first-order valence-electron chi connectivity index (χ1n) is 8.16. The Morgan fingerprint density at radius 1 is 1.00 bits per heavy atom. The highest BCUT2D eigenvalue weighted by Gasteiger charge is 2.12. The van der Waals surface area contributed by atoms with Gasteiger partial charge in [0, 0.05) is 5.69 Å². The van der Waals surface area contributed by atoms with Crippen LogP contribution in [0.3, 0.4) is 0 Å². The Labute approximate surface area is 149 Å². The van der Waals surface area contributed by atoms with Crippen LogP contribution >= 0.6 is 12.2 Å². The van der Waals surface area contributed by atoms with E-state index in [0.717, 1.165) is 22.7 Å². The second-order valence-corrected chi connectivity index (χ2v) is 5.67. The lowest BCUT2D eigenvalue weighted by Gasteiger charge is -2.19. The van der Waals surface area contributed by atoms with Gasteiger partial charge in [0.2, 0.25) is 0 Å². The molecule has 0 spiro atoms. The highest BCUT2D eigenvalue weighted by atomic mass is 32.1. The van der Waals surface area contributed by atoms with Crippen molar-refractivity contribution >= 4 is 23.0 Å². The molecule has 128 valence electrons. The van der Waals surface area contributed by atoms with E-state index in [1.54, 1.807) is 0 Å². The number of hydrogen-bond acceptors (Lipinski definition) is 3. The largest absolute Gasteiger partial charge is 0.490 e. The van der Waals surface area contributed by atoms with E-state index in [9.17, 15) is 0 Å². The molecule has 0 saturated carbocycles. The topological polar surface area (TPSA) is 42.5 Å². The maximum absolute atomic E-state index is 5.68. The molecule has 0 aromatic heterocycles. The number of rotatable bonds is 7. The maximum Gasteiger partial charge on any atom is 0.171 e. The Morgan fingerprint density at radius 2 is 1.67 bits per heavy atom. The third-order valence-electron chi connectivity index (χ3n) is 3.45. The summed E-state index contributed by atoms with van der Waals surface area (Å²) in [5.41, 5.74) is 2.04. The summed E-state index contributed by atoms with van der Waals surface area (Å²) in [4.78, 5) is 0. The lowest BCUT2D eigenvalue weighted by Crippen LogP contribution is -2.30. The second kappa shape index (κ2) is 9.13. The summed E-state index contributed by atoms with van der Waals surface area (Å²) in [6.07, 6.45) is 0. The molecule has 0 bridgehead atoms. The van der Waals surface area contributed by atoms with Gasteiger partial charge in [0.25, 0.3) is 0 Å². The van der Waals surface area contributed by atoms with Gasteiger partial charge < -0.3 is 20.1 Å². The monoisotopic (exact) mass is 344 g/mol. The molecule has 0 aliphatic rings. The van der Waals surface area contributed by atoms with Gasteiger partial charge in [0.1, 0.15) is 0 Å². The molecule has 2 aromatic rings. The van der Waals surface area contributed by atoms with Gasteiger partial charge in [0.05, 0.1) is 19.3 Å². The second-order valence-electron chi connectivity index (χ2n) is 5.26. The zero-order valence-electron chi connectivity index (χ0n) is 14.3. The molecule has 2 aromatic carbocycles. The minimum absolute atomic E-state index is 0.0450. The molecule has 0 heterocycles. The third kappa shape index (κ3) is 5.13. The minimum Gasteiger partial charge on any atom is -0.490 e.